The Kier molecular flexibility index (Phi) is 8.11. The number of nitrogen functional groups attached to an aromatic ring is 1. The maximum Gasteiger partial charge on any atom is 0.224 e. The predicted octanol–water partition coefficient (Wildman–Crippen LogP) is 3.30. The van der Waals surface area contributed by atoms with Crippen molar-refractivity contribution in [1.29, 1.82) is 0 Å². The van der Waals surface area contributed by atoms with Gasteiger partial charge in [-0.05, 0) is 43.4 Å². The second kappa shape index (κ2) is 11.2. The molecule has 166 valence electrons. The number of benzene rings is 1. The smallest absolute Gasteiger partial charge is 0.224 e. The van der Waals surface area contributed by atoms with Gasteiger partial charge in [0.1, 0.15) is 5.44 Å². The molecule has 1 heterocycles. The molecule has 0 spiro atoms. The van der Waals surface area contributed by atoms with Crippen molar-refractivity contribution in [3.05, 3.63) is 59.4 Å². The molecule has 8 nitrogen and oxygen atoms in total. The van der Waals surface area contributed by atoms with Crippen molar-refractivity contribution >= 4 is 56.1 Å². The normalized spacial score (nSPS) is 15.9. The molecule has 1 aromatic heterocycles. The van der Waals surface area contributed by atoms with Gasteiger partial charge < -0.3 is 21.4 Å². The zero-order valence-corrected chi connectivity index (χ0v) is 18.7. The average molecular weight is 451 g/mol. The van der Waals surface area contributed by atoms with Crippen LogP contribution in [0.5, 0.6) is 0 Å². The van der Waals surface area contributed by atoms with Gasteiger partial charge >= 0.3 is 0 Å². The summed E-state index contributed by atoms with van der Waals surface area (Å²) in [5.41, 5.74) is 8.81. The van der Waals surface area contributed by atoms with Crippen LogP contribution in [0.1, 0.15) is 47.4 Å². The predicted molar refractivity (Wildman–Crippen MR) is 132 cm³/mol. The van der Waals surface area contributed by atoms with E-state index in [0.29, 0.717) is 52.3 Å². The fourth-order valence-corrected chi connectivity index (χ4v) is 3.78. The Hall–Kier alpha value is -3.51. The van der Waals surface area contributed by atoms with Crippen molar-refractivity contribution in [1.82, 2.24) is 5.16 Å². The molecule has 0 fully saturated rings. The van der Waals surface area contributed by atoms with Crippen molar-refractivity contribution in [3.8, 4) is 0 Å². The molecule has 0 saturated carbocycles. The fraction of sp³-hybridized carbons (Fsp3) is 0.217. The highest BCUT2D eigenvalue weighted by Gasteiger charge is 2.15. The number of rotatable bonds is 9. The van der Waals surface area contributed by atoms with E-state index in [0.717, 1.165) is 19.3 Å². The lowest BCUT2D eigenvalue weighted by molar-refractivity contribution is -0.116. The number of aldehydes is 1. The summed E-state index contributed by atoms with van der Waals surface area (Å²) < 4.78 is 5.19. The first-order valence-corrected chi connectivity index (χ1v) is 10.8. The number of hydrogen-bond acceptors (Lipinski definition) is 7. The van der Waals surface area contributed by atoms with Crippen LogP contribution in [0.2, 0.25) is 0 Å². The van der Waals surface area contributed by atoms with Crippen molar-refractivity contribution < 1.29 is 14.1 Å². The molecule has 1 aromatic carbocycles. The van der Waals surface area contributed by atoms with Gasteiger partial charge in [-0.3, -0.25) is 9.59 Å². The molecular weight excluding hydrogens is 425 g/mol. The van der Waals surface area contributed by atoms with E-state index in [1.807, 2.05) is 12.2 Å². The summed E-state index contributed by atoms with van der Waals surface area (Å²) in [5.74, 6) is 6.14. The zero-order chi connectivity index (χ0) is 22.9. The molecule has 2 unspecified atom stereocenters. The van der Waals surface area contributed by atoms with E-state index in [9.17, 15) is 9.59 Å². The first-order valence-electron chi connectivity index (χ1n) is 10.2. The lowest BCUT2D eigenvalue weighted by Crippen LogP contribution is -2.13. The van der Waals surface area contributed by atoms with Crippen molar-refractivity contribution in [2.24, 2.45) is 16.9 Å². The van der Waals surface area contributed by atoms with E-state index >= 15 is 0 Å². The Bertz CT molecular complexity index is 1100. The summed E-state index contributed by atoms with van der Waals surface area (Å²) >= 11 is 0. The van der Waals surface area contributed by atoms with Crippen LogP contribution in [0.3, 0.4) is 0 Å². The molecule has 9 heteroatoms. The quantitative estimate of drug-likeness (QED) is 0.134. The highest BCUT2D eigenvalue weighted by Crippen LogP contribution is 2.29. The summed E-state index contributed by atoms with van der Waals surface area (Å²) in [6.45, 7) is 0. The van der Waals surface area contributed by atoms with Gasteiger partial charge in [-0.25, -0.2) is 0 Å². The minimum absolute atomic E-state index is 0.127. The van der Waals surface area contributed by atoms with Gasteiger partial charge in [-0.15, -0.1) is 0 Å². The Balaban J connectivity index is 1.74. The van der Waals surface area contributed by atoms with Gasteiger partial charge in [-0.1, -0.05) is 38.7 Å². The standard InChI is InChI=1S/C23H26N5O3P/c24-20-11-18(27-21(30)8-4-7-15-5-2-1-3-6-15)9-17(14-29)23(20)16(13-26-25)10-19-12-22(32)28-31-19/h1-3,5,9-15H,4,6-8,24-25,32H2,(H,27,30)/b16-10+,26-13-. The topological polar surface area (TPSA) is 137 Å². The largest absolute Gasteiger partial charge is 0.398 e. The minimum Gasteiger partial charge on any atom is -0.398 e. The molecule has 0 radical (unpaired) electrons. The number of hydrazone groups is 1. The van der Waals surface area contributed by atoms with Crippen LogP contribution in [0.15, 0.2) is 52.1 Å². The van der Waals surface area contributed by atoms with Crippen LogP contribution in [0.25, 0.3) is 11.6 Å². The molecule has 5 N–H and O–H groups in total. The van der Waals surface area contributed by atoms with Gasteiger partial charge in [-0.2, -0.15) is 5.10 Å². The number of amides is 1. The number of carbonyl (C=O) groups is 2. The van der Waals surface area contributed by atoms with Gasteiger partial charge in [0, 0.05) is 40.6 Å². The second-order valence-electron chi connectivity index (χ2n) is 7.43. The molecule has 0 saturated heterocycles. The third-order valence-corrected chi connectivity index (χ3v) is 5.28. The fourth-order valence-electron chi connectivity index (χ4n) is 3.56. The lowest BCUT2D eigenvalue weighted by atomic mass is 9.95. The van der Waals surface area contributed by atoms with Gasteiger partial charge in [0.25, 0.3) is 0 Å². The van der Waals surface area contributed by atoms with E-state index in [1.54, 1.807) is 24.3 Å². The molecule has 1 aliphatic rings. The van der Waals surface area contributed by atoms with Crippen LogP contribution in [-0.4, -0.2) is 23.6 Å². The summed E-state index contributed by atoms with van der Waals surface area (Å²) in [5, 5.41) is 10.2. The summed E-state index contributed by atoms with van der Waals surface area (Å²) in [7, 11) is 2.43. The van der Waals surface area contributed by atoms with Gasteiger partial charge in [0.05, 0.1) is 6.21 Å². The summed E-state index contributed by atoms with van der Waals surface area (Å²) in [6, 6.07) is 4.87. The Morgan fingerprint density at radius 1 is 1.34 bits per heavy atom. The molecule has 0 aliphatic heterocycles. The maximum atomic E-state index is 12.4. The second-order valence-corrected chi connectivity index (χ2v) is 8.02. The molecule has 0 bridgehead atoms. The van der Waals surface area contributed by atoms with Crippen molar-refractivity contribution in [2.75, 3.05) is 11.1 Å². The monoisotopic (exact) mass is 451 g/mol. The number of allylic oxidation sites excluding steroid dienone is 5. The van der Waals surface area contributed by atoms with Crippen LogP contribution in [-0.2, 0) is 4.79 Å². The number of aromatic nitrogens is 1. The lowest BCUT2D eigenvalue weighted by Gasteiger charge is -2.14. The Labute approximate surface area is 188 Å². The molecule has 1 amide bonds. The van der Waals surface area contributed by atoms with Gasteiger partial charge in [0.2, 0.25) is 5.91 Å². The highest BCUT2D eigenvalue weighted by atomic mass is 31.0. The molecule has 2 atom stereocenters. The van der Waals surface area contributed by atoms with Crippen molar-refractivity contribution in [2.45, 2.75) is 25.7 Å². The first-order chi connectivity index (χ1) is 15.5. The number of nitrogens with one attached hydrogen (secondary N) is 1. The van der Waals surface area contributed by atoms with Crippen LogP contribution < -0.4 is 22.3 Å². The van der Waals surface area contributed by atoms with Gasteiger partial charge in [0.15, 0.2) is 12.0 Å². The summed E-state index contributed by atoms with van der Waals surface area (Å²) in [6.07, 6.45) is 15.2. The number of anilines is 2. The Morgan fingerprint density at radius 3 is 2.84 bits per heavy atom. The highest BCUT2D eigenvalue weighted by molar-refractivity contribution is 7.26. The molecule has 32 heavy (non-hydrogen) atoms. The number of carbonyl (C=O) groups excluding carboxylic acids is 2. The zero-order valence-electron chi connectivity index (χ0n) is 17.5. The average Bonchev–Trinajstić information content (AvgIpc) is 3.18. The third-order valence-electron chi connectivity index (χ3n) is 5.00. The van der Waals surface area contributed by atoms with Crippen LogP contribution in [0.4, 0.5) is 11.4 Å². The third kappa shape index (κ3) is 6.25. The van der Waals surface area contributed by atoms with E-state index < -0.39 is 0 Å². The number of nitrogens with two attached hydrogens (primary N) is 2. The van der Waals surface area contributed by atoms with Crippen LogP contribution >= 0.6 is 9.24 Å². The molecule has 1 aliphatic carbocycles. The first kappa shape index (κ1) is 23.2. The Morgan fingerprint density at radius 2 is 2.19 bits per heavy atom. The van der Waals surface area contributed by atoms with E-state index in [4.69, 9.17) is 16.1 Å². The maximum absolute atomic E-state index is 12.4. The number of nitrogens with zero attached hydrogens (tertiary/aromatic N) is 2. The molecule has 2 aromatic rings. The van der Waals surface area contributed by atoms with E-state index in [1.165, 1.54) is 6.21 Å². The molecular formula is C23H26N5O3P. The van der Waals surface area contributed by atoms with Crippen molar-refractivity contribution in [3.63, 3.8) is 0 Å². The molecule has 3 rings (SSSR count). The van der Waals surface area contributed by atoms with E-state index in [2.05, 4.69) is 37.0 Å². The summed E-state index contributed by atoms with van der Waals surface area (Å²) in [4.78, 5) is 24.2. The number of hydrogen-bond donors (Lipinski definition) is 3. The SMILES string of the molecule is N/N=C\C(=C/c1cc(P)no1)c1c(N)cc(NC(=O)CCCC2C=CC=CC2)cc1C=O. The van der Waals surface area contributed by atoms with Crippen LogP contribution in [0, 0.1) is 5.92 Å². The minimum atomic E-state index is -0.127. The van der Waals surface area contributed by atoms with E-state index in [-0.39, 0.29) is 11.5 Å².